The summed E-state index contributed by atoms with van der Waals surface area (Å²) in [5.41, 5.74) is -0.467. The summed E-state index contributed by atoms with van der Waals surface area (Å²) in [6.07, 6.45) is 0. The molecule has 1 saturated heterocycles. The van der Waals surface area contributed by atoms with Crippen LogP contribution in [0.4, 0.5) is 0 Å². The van der Waals surface area contributed by atoms with Crippen molar-refractivity contribution in [3.8, 4) is 0 Å². The molecule has 2 rings (SSSR count). The number of nitrogens with zero attached hydrogens (tertiary/aromatic N) is 2. The van der Waals surface area contributed by atoms with Crippen molar-refractivity contribution in [3.05, 3.63) is 21.3 Å². The standard InChI is InChI=1S/C14H20Cl2N2OS/c1-14(2,10-15)13(19)18-7-5-17(6-8-18)9-11-3-4-12(16)20-11/h3-4H,5-10H2,1-2H3. The van der Waals surface area contributed by atoms with Gasteiger partial charge in [-0.1, -0.05) is 11.6 Å². The molecule has 0 bridgehead atoms. The average Bonchev–Trinajstić information content (AvgIpc) is 2.84. The molecule has 0 aliphatic carbocycles. The van der Waals surface area contributed by atoms with Gasteiger partial charge < -0.3 is 4.90 Å². The first-order valence-electron chi connectivity index (χ1n) is 6.74. The van der Waals surface area contributed by atoms with Crippen molar-refractivity contribution in [2.75, 3.05) is 32.1 Å². The lowest BCUT2D eigenvalue weighted by Gasteiger charge is -2.38. The van der Waals surface area contributed by atoms with Crippen molar-refractivity contribution in [2.45, 2.75) is 20.4 Å². The third-order valence-corrected chi connectivity index (χ3v) is 5.46. The van der Waals surface area contributed by atoms with Crippen molar-refractivity contribution in [2.24, 2.45) is 5.41 Å². The summed E-state index contributed by atoms with van der Waals surface area (Å²) in [5.74, 6) is 0.519. The zero-order chi connectivity index (χ0) is 14.8. The van der Waals surface area contributed by atoms with E-state index in [0.717, 1.165) is 37.1 Å². The van der Waals surface area contributed by atoms with Gasteiger partial charge in [-0.3, -0.25) is 9.69 Å². The Hall–Kier alpha value is -0.290. The van der Waals surface area contributed by atoms with Crippen molar-refractivity contribution < 1.29 is 4.79 Å². The Balaban J connectivity index is 1.85. The van der Waals surface area contributed by atoms with E-state index in [1.807, 2.05) is 24.8 Å². The average molecular weight is 335 g/mol. The van der Waals surface area contributed by atoms with Crippen LogP contribution in [0.2, 0.25) is 4.34 Å². The second kappa shape index (κ2) is 6.65. The second-order valence-electron chi connectivity index (χ2n) is 5.79. The van der Waals surface area contributed by atoms with Crippen molar-refractivity contribution in [1.82, 2.24) is 9.80 Å². The van der Waals surface area contributed by atoms with Crippen LogP contribution >= 0.6 is 34.5 Å². The minimum Gasteiger partial charge on any atom is -0.340 e. The molecule has 1 aliphatic heterocycles. The van der Waals surface area contributed by atoms with E-state index in [0.29, 0.717) is 5.88 Å². The summed E-state index contributed by atoms with van der Waals surface area (Å²) in [7, 11) is 0. The number of piperazine rings is 1. The lowest BCUT2D eigenvalue weighted by Crippen LogP contribution is -2.52. The first kappa shape index (κ1) is 16.1. The van der Waals surface area contributed by atoms with Gasteiger partial charge in [0.05, 0.1) is 9.75 Å². The maximum absolute atomic E-state index is 12.3. The van der Waals surface area contributed by atoms with Crippen LogP contribution in [-0.4, -0.2) is 47.8 Å². The molecule has 0 aromatic carbocycles. The lowest BCUT2D eigenvalue weighted by molar-refractivity contribution is -0.141. The molecule has 6 heteroatoms. The largest absolute Gasteiger partial charge is 0.340 e. The van der Waals surface area contributed by atoms with Crippen LogP contribution in [0.1, 0.15) is 18.7 Å². The van der Waals surface area contributed by atoms with E-state index in [4.69, 9.17) is 23.2 Å². The van der Waals surface area contributed by atoms with Crippen LogP contribution in [0.15, 0.2) is 12.1 Å². The van der Waals surface area contributed by atoms with E-state index in [1.54, 1.807) is 11.3 Å². The molecule has 112 valence electrons. The molecule has 0 saturated carbocycles. The monoisotopic (exact) mass is 334 g/mol. The minimum absolute atomic E-state index is 0.159. The normalized spacial score (nSPS) is 17.5. The number of halogens is 2. The molecule has 1 aliphatic rings. The summed E-state index contributed by atoms with van der Waals surface area (Å²) in [4.78, 5) is 17.9. The predicted molar refractivity (Wildman–Crippen MR) is 85.7 cm³/mol. The zero-order valence-corrected chi connectivity index (χ0v) is 14.2. The molecule has 3 nitrogen and oxygen atoms in total. The van der Waals surface area contributed by atoms with Crippen LogP contribution in [-0.2, 0) is 11.3 Å². The summed E-state index contributed by atoms with van der Waals surface area (Å²) < 4.78 is 0.831. The molecular weight excluding hydrogens is 315 g/mol. The smallest absolute Gasteiger partial charge is 0.229 e. The highest BCUT2D eigenvalue weighted by Gasteiger charge is 2.32. The lowest BCUT2D eigenvalue weighted by atomic mass is 9.94. The van der Waals surface area contributed by atoms with Gasteiger partial charge in [0.2, 0.25) is 5.91 Å². The fourth-order valence-corrected chi connectivity index (χ4v) is 3.50. The van der Waals surface area contributed by atoms with Gasteiger partial charge in [0.15, 0.2) is 0 Å². The molecule has 0 spiro atoms. The minimum atomic E-state index is -0.467. The van der Waals surface area contributed by atoms with E-state index in [-0.39, 0.29) is 5.91 Å². The highest BCUT2D eigenvalue weighted by molar-refractivity contribution is 7.16. The summed E-state index contributed by atoms with van der Waals surface area (Å²) in [5, 5.41) is 0. The molecule has 0 atom stereocenters. The maximum Gasteiger partial charge on any atom is 0.229 e. The van der Waals surface area contributed by atoms with Crippen molar-refractivity contribution in [3.63, 3.8) is 0 Å². The van der Waals surface area contributed by atoms with Gasteiger partial charge >= 0.3 is 0 Å². The number of carbonyl (C=O) groups is 1. The van der Waals surface area contributed by atoms with Crippen LogP contribution in [0.3, 0.4) is 0 Å². The third kappa shape index (κ3) is 3.88. The van der Waals surface area contributed by atoms with E-state index in [2.05, 4.69) is 11.0 Å². The molecule has 1 aromatic heterocycles. The number of hydrogen-bond donors (Lipinski definition) is 0. The van der Waals surface area contributed by atoms with E-state index in [1.165, 1.54) is 4.88 Å². The van der Waals surface area contributed by atoms with Crippen molar-refractivity contribution in [1.29, 1.82) is 0 Å². The van der Waals surface area contributed by atoms with E-state index < -0.39 is 5.41 Å². The molecule has 2 heterocycles. The SMILES string of the molecule is CC(C)(CCl)C(=O)N1CCN(Cc2ccc(Cl)s2)CC1. The first-order chi connectivity index (χ1) is 9.42. The molecule has 1 aromatic rings. The molecule has 0 N–H and O–H groups in total. The highest BCUT2D eigenvalue weighted by atomic mass is 35.5. The Morgan fingerprint density at radius 3 is 2.45 bits per heavy atom. The Morgan fingerprint density at radius 1 is 1.30 bits per heavy atom. The van der Waals surface area contributed by atoms with Gasteiger partial charge in [0.25, 0.3) is 0 Å². The third-order valence-electron chi connectivity index (χ3n) is 3.58. The molecule has 1 fully saturated rings. The summed E-state index contributed by atoms with van der Waals surface area (Å²) in [6.45, 7) is 8.08. The zero-order valence-electron chi connectivity index (χ0n) is 11.9. The molecule has 20 heavy (non-hydrogen) atoms. The van der Waals surface area contributed by atoms with Gasteiger partial charge in [-0.2, -0.15) is 0 Å². The van der Waals surface area contributed by atoms with E-state index >= 15 is 0 Å². The van der Waals surface area contributed by atoms with Crippen LogP contribution in [0.5, 0.6) is 0 Å². The number of hydrogen-bond acceptors (Lipinski definition) is 3. The van der Waals surface area contributed by atoms with Gasteiger partial charge in [-0.05, 0) is 26.0 Å². The fraction of sp³-hybridized carbons (Fsp3) is 0.643. The number of rotatable bonds is 4. The molecule has 1 amide bonds. The number of amides is 1. The van der Waals surface area contributed by atoms with Gasteiger partial charge in [-0.15, -0.1) is 22.9 Å². The molecular formula is C14H20Cl2N2OS. The fourth-order valence-electron chi connectivity index (χ4n) is 2.25. The maximum atomic E-state index is 12.3. The molecule has 0 radical (unpaired) electrons. The summed E-state index contributed by atoms with van der Waals surface area (Å²) in [6, 6.07) is 4.01. The van der Waals surface area contributed by atoms with Crippen LogP contribution in [0, 0.1) is 5.41 Å². The quantitative estimate of drug-likeness (QED) is 0.788. The second-order valence-corrected chi connectivity index (χ2v) is 7.86. The Labute approximate surface area is 134 Å². The predicted octanol–water partition coefficient (Wildman–Crippen LogP) is 3.31. The number of thiophene rings is 1. The van der Waals surface area contributed by atoms with Crippen LogP contribution < -0.4 is 0 Å². The van der Waals surface area contributed by atoms with E-state index in [9.17, 15) is 4.79 Å². The topological polar surface area (TPSA) is 23.6 Å². The van der Waals surface area contributed by atoms with Crippen molar-refractivity contribution >= 4 is 40.4 Å². The molecule has 0 unspecified atom stereocenters. The number of carbonyl (C=O) groups excluding carboxylic acids is 1. The van der Waals surface area contributed by atoms with Crippen LogP contribution in [0.25, 0.3) is 0 Å². The highest BCUT2D eigenvalue weighted by Crippen LogP contribution is 2.24. The van der Waals surface area contributed by atoms with Gasteiger partial charge in [0, 0.05) is 43.5 Å². The Bertz CT molecular complexity index is 467. The Morgan fingerprint density at radius 2 is 1.95 bits per heavy atom. The first-order valence-corrected chi connectivity index (χ1v) is 8.47. The van der Waals surface area contributed by atoms with Gasteiger partial charge in [0.1, 0.15) is 0 Å². The number of alkyl halides is 1. The van der Waals surface area contributed by atoms with Gasteiger partial charge in [-0.25, -0.2) is 0 Å². The Kier molecular flexibility index (Phi) is 5.35. The summed E-state index contributed by atoms with van der Waals surface area (Å²) >= 11 is 13.4.